The van der Waals surface area contributed by atoms with Crippen LogP contribution in [0.25, 0.3) is 0 Å². The standard InChI is InChI=1S/C23H25ClN2O8/c1-11-9-15-20(21(27)17(11)22(28)33-4)19(13-5-6-14(24)16(10-13)26(30)31)18(12(2)25-15)23(29)34-8-7-32-3/h5-6,10-11,17,19,25H,7-9H2,1-4H3/t11-,17+,19-/m0/s1. The highest BCUT2D eigenvalue weighted by Crippen LogP contribution is 2.46. The van der Waals surface area contributed by atoms with Crippen LogP contribution in [0.2, 0.25) is 5.02 Å². The first-order chi connectivity index (χ1) is 16.1. The fraction of sp³-hybridized carbons (Fsp3) is 0.435. The minimum absolute atomic E-state index is 0.0265. The van der Waals surface area contributed by atoms with E-state index in [4.69, 9.17) is 25.8 Å². The highest BCUT2D eigenvalue weighted by Gasteiger charge is 2.47. The molecule has 11 heteroatoms. The summed E-state index contributed by atoms with van der Waals surface area (Å²) in [6.07, 6.45) is 0.344. The number of carbonyl (C=O) groups excluding carboxylic acids is 3. The van der Waals surface area contributed by atoms with Gasteiger partial charge in [0, 0.05) is 36.1 Å². The predicted octanol–water partition coefficient (Wildman–Crippen LogP) is 3.05. The first-order valence-corrected chi connectivity index (χ1v) is 10.9. The molecule has 0 amide bonds. The minimum Gasteiger partial charge on any atom is -0.468 e. The second kappa shape index (κ2) is 10.4. The summed E-state index contributed by atoms with van der Waals surface area (Å²) < 4.78 is 15.1. The molecule has 1 aliphatic heterocycles. The van der Waals surface area contributed by atoms with E-state index in [9.17, 15) is 24.5 Å². The van der Waals surface area contributed by atoms with Crippen LogP contribution >= 0.6 is 11.6 Å². The lowest BCUT2D eigenvalue weighted by atomic mass is 9.69. The van der Waals surface area contributed by atoms with E-state index in [1.807, 2.05) is 0 Å². The van der Waals surface area contributed by atoms with Gasteiger partial charge in [0.25, 0.3) is 5.69 Å². The van der Waals surface area contributed by atoms with Crippen LogP contribution in [0.5, 0.6) is 0 Å². The van der Waals surface area contributed by atoms with E-state index in [1.54, 1.807) is 13.8 Å². The Hall–Kier alpha value is -3.24. The fourth-order valence-corrected chi connectivity index (χ4v) is 4.62. The number of nitrogens with one attached hydrogen (secondary N) is 1. The number of allylic oxidation sites excluding steroid dienone is 3. The lowest BCUT2D eigenvalue weighted by Crippen LogP contribution is -2.43. The Bertz CT molecular complexity index is 1110. The number of methoxy groups -OCH3 is 2. The maximum Gasteiger partial charge on any atom is 0.336 e. The number of hydrogen-bond acceptors (Lipinski definition) is 9. The molecule has 1 aromatic carbocycles. The summed E-state index contributed by atoms with van der Waals surface area (Å²) in [4.78, 5) is 50.1. The molecule has 1 N–H and O–H groups in total. The smallest absolute Gasteiger partial charge is 0.336 e. The van der Waals surface area contributed by atoms with Gasteiger partial charge in [0.2, 0.25) is 0 Å². The van der Waals surface area contributed by atoms with Gasteiger partial charge >= 0.3 is 11.9 Å². The Balaban J connectivity index is 2.19. The second-order valence-electron chi connectivity index (χ2n) is 8.13. The summed E-state index contributed by atoms with van der Waals surface area (Å²) in [6.45, 7) is 3.56. The third-order valence-corrected chi connectivity index (χ3v) is 6.30. The SMILES string of the molecule is COCCOC(=O)C1=C(C)NC2=C(C(=O)[C@H](C(=O)OC)[C@@H](C)C2)[C@H]1c1ccc(Cl)c([N+](=O)[O-])c1. The van der Waals surface area contributed by atoms with E-state index in [-0.39, 0.29) is 41.0 Å². The quantitative estimate of drug-likeness (QED) is 0.200. The van der Waals surface area contributed by atoms with Crippen molar-refractivity contribution in [1.29, 1.82) is 0 Å². The average molecular weight is 493 g/mol. The van der Waals surface area contributed by atoms with Crippen LogP contribution in [0, 0.1) is 22.0 Å². The molecule has 0 bridgehead atoms. The molecule has 3 atom stereocenters. The van der Waals surface area contributed by atoms with Crippen LogP contribution in [0.15, 0.2) is 40.7 Å². The molecule has 0 saturated carbocycles. The lowest BCUT2D eigenvalue weighted by molar-refractivity contribution is -0.384. The van der Waals surface area contributed by atoms with Crippen molar-refractivity contribution < 1.29 is 33.5 Å². The van der Waals surface area contributed by atoms with Crippen molar-refractivity contribution in [2.75, 3.05) is 27.4 Å². The minimum atomic E-state index is -1.07. The number of dihydropyridines is 1. The monoisotopic (exact) mass is 492 g/mol. The molecular formula is C23H25ClN2O8. The van der Waals surface area contributed by atoms with Crippen molar-refractivity contribution in [1.82, 2.24) is 5.32 Å². The van der Waals surface area contributed by atoms with E-state index < -0.39 is 34.5 Å². The molecule has 3 rings (SSSR count). The van der Waals surface area contributed by atoms with Gasteiger partial charge in [0.15, 0.2) is 5.78 Å². The summed E-state index contributed by atoms with van der Waals surface area (Å²) in [5.41, 5.74) is 1.21. The van der Waals surface area contributed by atoms with Gasteiger partial charge in [-0.05, 0) is 30.9 Å². The van der Waals surface area contributed by atoms with E-state index in [2.05, 4.69) is 5.32 Å². The van der Waals surface area contributed by atoms with Crippen LogP contribution < -0.4 is 5.32 Å². The zero-order valence-electron chi connectivity index (χ0n) is 19.2. The van der Waals surface area contributed by atoms with Gasteiger partial charge < -0.3 is 19.5 Å². The topological polar surface area (TPSA) is 134 Å². The maximum absolute atomic E-state index is 13.6. The summed E-state index contributed by atoms with van der Waals surface area (Å²) in [5.74, 6) is -4.33. The first-order valence-electron chi connectivity index (χ1n) is 10.5. The first kappa shape index (κ1) is 25.4. The molecule has 1 heterocycles. The number of rotatable bonds is 7. The number of hydrogen-bond donors (Lipinski definition) is 1. The largest absolute Gasteiger partial charge is 0.468 e. The van der Waals surface area contributed by atoms with Crippen LogP contribution in [-0.2, 0) is 28.6 Å². The predicted molar refractivity (Wildman–Crippen MR) is 121 cm³/mol. The molecule has 0 spiro atoms. The van der Waals surface area contributed by atoms with Gasteiger partial charge in [-0.15, -0.1) is 0 Å². The number of nitrogens with zero attached hydrogens (tertiary/aromatic N) is 1. The Kier molecular flexibility index (Phi) is 7.73. The molecule has 182 valence electrons. The van der Waals surface area contributed by atoms with Gasteiger partial charge in [-0.2, -0.15) is 0 Å². The van der Waals surface area contributed by atoms with Crippen molar-refractivity contribution in [2.45, 2.75) is 26.2 Å². The third kappa shape index (κ3) is 4.69. The second-order valence-corrected chi connectivity index (χ2v) is 8.54. The zero-order chi connectivity index (χ0) is 25.2. The number of carbonyl (C=O) groups is 3. The molecule has 1 aromatic rings. The third-order valence-electron chi connectivity index (χ3n) is 5.98. The summed E-state index contributed by atoms with van der Waals surface area (Å²) in [6, 6.07) is 4.09. The number of esters is 2. The molecule has 0 unspecified atom stereocenters. The van der Waals surface area contributed by atoms with Gasteiger partial charge in [-0.1, -0.05) is 24.6 Å². The Morgan fingerprint density at radius 1 is 1.26 bits per heavy atom. The van der Waals surface area contributed by atoms with Crippen molar-refractivity contribution in [3.8, 4) is 0 Å². The molecule has 0 aromatic heterocycles. The highest BCUT2D eigenvalue weighted by atomic mass is 35.5. The summed E-state index contributed by atoms with van der Waals surface area (Å²) in [5, 5.41) is 14.6. The number of benzene rings is 1. The number of nitro groups is 1. The van der Waals surface area contributed by atoms with E-state index >= 15 is 0 Å². The summed E-state index contributed by atoms with van der Waals surface area (Å²) in [7, 11) is 2.66. The van der Waals surface area contributed by atoms with Crippen molar-refractivity contribution in [3.63, 3.8) is 0 Å². The van der Waals surface area contributed by atoms with Gasteiger partial charge in [-0.25, -0.2) is 4.79 Å². The average Bonchev–Trinajstić information content (AvgIpc) is 2.78. The molecule has 10 nitrogen and oxygen atoms in total. The normalized spacial score (nSPS) is 22.1. The van der Waals surface area contributed by atoms with E-state index in [0.29, 0.717) is 23.4 Å². The molecule has 0 saturated heterocycles. The molecular weight excluding hydrogens is 468 g/mol. The van der Waals surface area contributed by atoms with Crippen molar-refractivity contribution >= 4 is 35.0 Å². The molecule has 34 heavy (non-hydrogen) atoms. The molecule has 0 fully saturated rings. The summed E-state index contributed by atoms with van der Waals surface area (Å²) >= 11 is 6.00. The molecule has 0 radical (unpaired) electrons. The Labute approximate surface area is 201 Å². The van der Waals surface area contributed by atoms with Gasteiger partial charge in [-0.3, -0.25) is 19.7 Å². The Morgan fingerprint density at radius 2 is 1.97 bits per heavy atom. The zero-order valence-corrected chi connectivity index (χ0v) is 19.9. The molecule has 2 aliphatic rings. The number of Topliss-reactive ketones (excluding diaryl/α,β-unsaturated/α-hetero) is 1. The van der Waals surface area contributed by atoms with Gasteiger partial charge in [0.05, 0.1) is 24.2 Å². The molecule has 1 aliphatic carbocycles. The highest BCUT2D eigenvalue weighted by molar-refractivity contribution is 6.32. The van der Waals surface area contributed by atoms with Crippen LogP contribution in [0.4, 0.5) is 5.69 Å². The Morgan fingerprint density at radius 3 is 2.59 bits per heavy atom. The van der Waals surface area contributed by atoms with Crippen molar-refractivity contribution in [3.05, 3.63) is 61.4 Å². The fourth-order valence-electron chi connectivity index (χ4n) is 4.43. The number of ketones is 1. The number of ether oxygens (including phenoxy) is 3. The van der Waals surface area contributed by atoms with Gasteiger partial charge in [0.1, 0.15) is 17.5 Å². The van der Waals surface area contributed by atoms with E-state index in [0.717, 1.165) is 0 Å². The van der Waals surface area contributed by atoms with Crippen LogP contribution in [-0.4, -0.2) is 50.1 Å². The van der Waals surface area contributed by atoms with Crippen molar-refractivity contribution in [2.24, 2.45) is 11.8 Å². The van der Waals surface area contributed by atoms with Crippen LogP contribution in [0.3, 0.4) is 0 Å². The maximum atomic E-state index is 13.6. The lowest BCUT2D eigenvalue weighted by Gasteiger charge is -2.38. The number of halogens is 1. The van der Waals surface area contributed by atoms with Crippen LogP contribution in [0.1, 0.15) is 31.7 Å². The van der Waals surface area contributed by atoms with E-state index in [1.165, 1.54) is 32.4 Å². The number of nitro benzene ring substituents is 1.